The minimum atomic E-state index is -0.285. The van der Waals surface area contributed by atoms with E-state index in [1.807, 2.05) is 38.1 Å². The molecule has 3 saturated carbocycles. The molecule has 3 heterocycles. The highest BCUT2D eigenvalue weighted by molar-refractivity contribution is 5.70. The molecule has 9 nitrogen and oxygen atoms in total. The Morgan fingerprint density at radius 2 is 1.58 bits per heavy atom. The summed E-state index contributed by atoms with van der Waals surface area (Å²) in [5, 5.41) is 4.53. The van der Waals surface area contributed by atoms with Crippen LogP contribution in [0.1, 0.15) is 76.7 Å². The first kappa shape index (κ1) is 24.7. The van der Waals surface area contributed by atoms with Gasteiger partial charge in [-0.15, -0.1) is 0 Å². The number of ether oxygens (including phenoxy) is 1. The molecule has 38 heavy (non-hydrogen) atoms. The molecule has 3 aromatic heterocycles. The summed E-state index contributed by atoms with van der Waals surface area (Å²) >= 11 is 0. The molecule has 0 amide bonds. The fourth-order valence-electron chi connectivity index (χ4n) is 6.61. The number of aromatic amines is 1. The number of nitrogens with zero attached hydrogens (tertiary/aromatic N) is 4. The van der Waals surface area contributed by atoms with Crippen LogP contribution < -0.4 is 16.0 Å². The normalized spacial score (nSPS) is 22.8. The average Bonchev–Trinajstić information content (AvgIpc) is 3.64. The van der Waals surface area contributed by atoms with Crippen LogP contribution >= 0.6 is 0 Å². The molecule has 4 aromatic rings. The quantitative estimate of drug-likeness (QED) is 0.356. The van der Waals surface area contributed by atoms with E-state index in [-0.39, 0.29) is 22.1 Å². The molecule has 3 aliphatic carbocycles. The third kappa shape index (κ3) is 3.74. The first-order valence-corrected chi connectivity index (χ1v) is 13.8. The molecule has 0 spiro atoms. The number of imidazole rings is 1. The fraction of sp³-hybridized carbons (Fsp3) is 0.517. The maximum atomic E-state index is 13.2. The number of methoxy groups -OCH3 is 1. The van der Waals surface area contributed by atoms with E-state index >= 15 is 0 Å². The molecule has 7 rings (SSSR count). The van der Waals surface area contributed by atoms with Crippen molar-refractivity contribution in [3.8, 4) is 17.1 Å². The predicted octanol–water partition coefficient (Wildman–Crippen LogP) is 4.91. The molecule has 0 aliphatic heterocycles. The Bertz CT molecular complexity index is 1570. The average molecular weight is 518 g/mol. The van der Waals surface area contributed by atoms with Crippen molar-refractivity contribution in [2.24, 2.45) is 0 Å². The molecule has 1 aromatic carbocycles. The lowest BCUT2D eigenvalue weighted by Crippen LogP contribution is -2.47. The molecular weight excluding hydrogens is 482 g/mol. The monoisotopic (exact) mass is 517 g/mol. The summed E-state index contributed by atoms with van der Waals surface area (Å²) in [5.74, 6) is 2.44. The predicted molar refractivity (Wildman–Crippen MR) is 145 cm³/mol. The topological polar surface area (TPSA) is 108 Å². The van der Waals surface area contributed by atoms with E-state index < -0.39 is 0 Å². The Balaban J connectivity index is 1.30. The number of H-pyrrole nitrogens is 1. The second-order valence-electron chi connectivity index (χ2n) is 11.0. The number of rotatable bonds is 8. The van der Waals surface area contributed by atoms with Crippen molar-refractivity contribution in [1.29, 1.82) is 0 Å². The van der Waals surface area contributed by atoms with Gasteiger partial charge in [0, 0.05) is 35.5 Å². The SMILES string of the molecule is CCCn1c(=O)c2nc(C34CCC(c5cc(-c6ccc(OC)cc6)on5)(CC3)CC4)[nH]c2n(CCC)c1=O. The Labute approximate surface area is 220 Å². The summed E-state index contributed by atoms with van der Waals surface area (Å²) in [6.07, 6.45) is 7.35. The van der Waals surface area contributed by atoms with Gasteiger partial charge in [0.25, 0.3) is 5.56 Å². The number of hydrogen-bond acceptors (Lipinski definition) is 6. The minimum absolute atomic E-state index is 0.000136. The van der Waals surface area contributed by atoms with Gasteiger partial charge in [-0.25, -0.2) is 9.78 Å². The third-order valence-corrected chi connectivity index (χ3v) is 8.94. The summed E-state index contributed by atoms with van der Waals surface area (Å²) in [7, 11) is 1.66. The van der Waals surface area contributed by atoms with Crippen molar-refractivity contribution in [3.05, 3.63) is 62.7 Å². The number of nitrogens with one attached hydrogen (secondary N) is 1. The first-order valence-electron chi connectivity index (χ1n) is 13.8. The molecule has 0 atom stereocenters. The lowest BCUT2D eigenvalue weighted by Gasteiger charge is -2.51. The van der Waals surface area contributed by atoms with Crippen LogP contribution in [0.15, 0.2) is 44.4 Å². The van der Waals surface area contributed by atoms with Crippen LogP contribution in [0.25, 0.3) is 22.5 Å². The molecule has 200 valence electrons. The lowest BCUT2D eigenvalue weighted by molar-refractivity contribution is 0.0907. The van der Waals surface area contributed by atoms with Crippen molar-refractivity contribution in [3.63, 3.8) is 0 Å². The van der Waals surface area contributed by atoms with Gasteiger partial charge in [0.2, 0.25) is 0 Å². The zero-order chi connectivity index (χ0) is 26.5. The summed E-state index contributed by atoms with van der Waals surface area (Å²) in [6, 6.07) is 9.93. The van der Waals surface area contributed by atoms with E-state index in [1.54, 1.807) is 11.7 Å². The Morgan fingerprint density at radius 1 is 0.947 bits per heavy atom. The summed E-state index contributed by atoms with van der Waals surface area (Å²) < 4.78 is 14.1. The summed E-state index contributed by atoms with van der Waals surface area (Å²) in [6.45, 7) is 4.97. The second-order valence-corrected chi connectivity index (χ2v) is 11.0. The number of benzene rings is 1. The molecule has 2 bridgehead atoms. The maximum absolute atomic E-state index is 13.2. The first-order chi connectivity index (χ1) is 18.4. The molecule has 1 N–H and O–H groups in total. The van der Waals surface area contributed by atoms with Gasteiger partial charge in [-0.3, -0.25) is 13.9 Å². The van der Waals surface area contributed by atoms with Crippen molar-refractivity contribution < 1.29 is 9.26 Å². The zero-order valence-corrected chi connectivity index (χ0v) is 22.4. The molecule has 0 unspecified atom stereocenters. The second kappa shape index (κ2) is 9.29. The van der Waals surface area contributed by atoms with Crippen LogP contribution in [0.3, 0.4) is 0 Å². The Kier molecular flexibility index (Phi) is 6.04. The van der Waals surface area contributed by atoms with E-state index in [2.05, 4.69) is 16.2 Å². The molecule has 3 aliphatic rings. The van der Waals surface area contributed by atoms with Crippen molar-refractivity contribution >= 4 is 11.2 Å². The van der Waals surface area contributed by atoms with E-state index in [0.29, 0.717) is 24.3 Å². The Hall–Kier alpha value is -3.62. The van der Waals surface area contributed by atoms with Crippen LogP contribution in [0, 0.1) is 0 Å². The van der Waals surface area contributed by atoms with Gasteiger partial charge in [0.1, 0.15) is 17.2 Å². The van der Waals surface area contributed by atoms with Crippen LogP contribution in [0.5, 0.6) is 5.75 Å². The van der Waals surface area contributed by atoms with E-state index in [4.69, 9.17) is 14.2 Å². The molecule has 3 fully saturated rings. The van der Waals surface area contributed by atoms with Gasteiger partial charge < -0.3 is 14.2 Å². The lowest BCUT2D eigenvalue weighted by atomic mass is 9.52. The summed E-state index contributed by atoms with van der Waals surface area (Å²) in [4.78, 5) is 34.7. The highest BCUT2D eigenvalue weighted by atomic mass is 16.5. The summed E-state index contributed by atoms with van der Waals surface area (Å²) in [5.41, 5.74) is 2.33. The van der Waals surface area contributed by atoms with Crippen LogP contribution in [-0.4, -0.2) is 31.4 Å². The number of fused-ring (bicyclic) bond motifs is 4. The standard InChI is InChI=1S/C29H35N5O4/c1-4-16-33-24-23(25(35)34(17-5-2)27(33)36)30-26(31-24)29-13-10-28(11-14-29,12-15-29)22-18-21(38-32-22)19-6-8-20(37-3)9-7-19/h6-9,18H,4-5,10-17H2,1-3H3,(H,30,31). The van der Waals surface area contributed by atoms with E-state index in [1.165, 1.54) is 4.57 Å². The minimum Gasteiger partial charge on any atom is -0.497 e. The van der Waals surface area contributed by atoms with Gasteiger partial charge in [-0.1, -0.05) is 19.0 Å². The highest BCUT2D eigenvalue weighted by Crippen LogP contribution is 2.58. The largest absolute Gasteiger partial charge is 0.497 e. The smallest absolute Gasteiger partial charge is 0.332 e. The van der Waals surface area contributed by atoms with Gasteiger partial charge in [-0.2, -0.15) is 0 Å². The van der Waals surface area contributed by atoms with Crippen LogP contribution in [0.4, 0.5) is 0 Å². The van der Waals surface area contributed by atoms with E-state index in [9.17, 15) is 9.59 Å². The number of aryl methyl sites for hydroxylation is 1. The van der Waals surface area contributed by atoms with Crippen molar-refractivity contribution in [1.82, 2.24) is 24.3 Å². The van der Waals surface area contributed by atoms with E-state index in [0.717, 1.165) is 80.0 Å². The highest BCUT2D eigenvalue weighted by Gasteiger charge is 2.52. The van der Waals surface area contributed by atoms with Gasteiger partial charge in [0.05, 0.1) is 12.8 Å². The van der Waals surface area contributed by atoms with Gasteiger partial charge in [0.15, 0.2) is 11.3 Å². The number of hydrogen-bond donors (Lipinski definition) is 1. The zero-order valence-electron chi connectivity index (χ0n) is 22.4. The van der Waals surface area contributed by atoms with Gasteiger partial charge >= 0.3 is 5.69 Å². The van der Waals surface area contributed by atoms with Crippen LogP contribution in [0.2, 0.25) is 0 Å². The fourth-order valence-corrected chi connectivity index (χ4v) is 6.61. The molecule has 0 saturated heterocycles. The molecule has 9 heteroatoms. The number of aromatic nitrogens is 5. The molecule has 0 radical (unpaired) electrons. The van der Waals surface area contributed by atoms with Crippen molar-refractivity contribution in [2.45, 2.75) is 89.1 Å². The third-order valence-electron chi connectivity index (χ3n) is 8.94. The maximum Gasteiger partial charge on any atom is 0.332 e. The van der Waals surface area contributed by atoms with Crippen LogP contribution in [-0.2, 0) is 23.9 Å². The van der Waals surface area contributed by atoms with Gasteiger partial charge in [-0.05, 0) is 75.6 Å². The van der Waals surface area contributed by atoms with Crippen molar-refractivity contribution in [2.75, 3.05) is 7.11 Å². The Morgan fingerprint density at radius 3 is 2.21 bits per heavy atom. The molecular formula is C29H35N5O4.